The summed E-state index contributed by atoms with van der Waals surface area (Å²) in [5.41, 5.74) is -0.617. The molecule has 0 fully saturated rings. The van der Waals surface area contributed by atoms with Crippen LogP contribution in [0.2, 0.25) is 0 Å². The average molecular weight is 175 g/mol. The molecular formula is C8H17NO3. The van der Waals surface area contributed by atoms with E-state index < -0.39 is 5.54 Å². The molecule has 0 aliphatic rings. The number of methoxy groups -OCH3 is 1. The van der Waals surface area contributed by atoms with E-state index in [2.05, 4.69) is 5.32 Å². The average Bonchev–Trinajstić information content (AvgIpc) is 2.05. The standard InChI is InChI=1S/C8H17NO3/c1-8(2,9-3)7(10)12-6-5-11-4/h9H,5-6H2,1-4H3. The van der Waals surface area contributed by atoms with Crippen LogP contribution in [0.15, 0.2) is 0 Å². The number of hydrogen-bond acceptors (Lipinski definition) is 4. The molecule has 0 radical (unpaired) electrons. The van der Waals surface area contributed by atoms with E-state index in [1.165, 1.54) is 0 Å². The second kappa shape index (κ2) is 5.11. The summed E-state index contributed by atoms with van der Waals surface area (Å²) < 4.78 is 9.65. The molecule has 12 heavy (non-hydrogen) atoms. The minimum absolute atomic E-state index is 0.262. The molecule has 0 aromatic rings. The molecule has 0 spiro atoms. The van der Waals surface area contributed by atoms with Crippen LogP contribution < -0.4 is 5.32 Å². The molecule has 0 saturated heterocycles. The minimum Gasteiger partial charge on any atom is -0.462 e. The SMILES string of the molecule is CNC(C)(C)C(=O)OCCOC. The van der Waals surface area contributed by atoms with Crippen molar-refractivity contribution >= 4 is 5.97 Å². The van der Waals surface area contributed by atoms with Gasteiger partial charge in [0.25, 0.3) is 0 Å². The Kier molecular flexibility index (Phi) is 4.85. The molecule has 0 unspecified atom stereocenters. The molecule has 0 aliphatic heterocycles. The lowest BCUT2D eigenvalue weighted by Crippen LogP contribution is -2.45. The summed E-state index contributed by atoms with van der Waals surface area (Å²) >= 11 is 0. The lowest BCUT2D eigenvalue weighted by atomic mass is 10.1. The van der Waals surface area contributed by atoms with E-state index in [1.54, 1.807) is 28.0 Å². The summed E-state index contributed by atoms with van der Waals surface area (Å²) in [6.45, 7) is 4.27. The van der Waals surface area contributed by atoms with Crippen LogP contribution in [0, 0.1) is 0 Å². The first-order valence-electron chi connectivity index (χ1n) is 3.89. The molecule has 0 saturated carbocycles. The lowest BCUT2D eigenvalue weighted by molar-refractivity contribution is -0.151. The zero-order chi connectivity index (χ0) is 9.61. The van der Waals surface area contributed by atoms with E-state index in [9.17, 15) is 4.79 Å². The van der Waals surface area contributed by atoms with Gasteiger partial charge in [0.2, 0.25) is 0 Å². The van der Waals surface area contributed by atoms with Crippen LogP contribution >= 0.6 is 0 Å². The fraction of sp³-hybridized carbons (Fsp3) is 0.875. The van der Waals surface area contributed by atoms with Gasteiger partial charge in [0.15, 0.2) is 0 Å². The van der Waals surface area contributed by atoms with Crippen molar-refractivity contribution in [2.24, 2.45) is 0 Å². The highest BCUT2D eigenvalue weighted by Gasteiger charge is 2.26. The van der Waals surface area contributed by atoms with Gasteiger partial charge in [0.05, 0.1) is 6.61 Å². The monoisotopic (exact) mass is 175 g/mol. The van der Waals surface area contributed by atoms with Crippen LogP contribution in [0.4, 0.5) is 0 Å². The molecule has 0 bridgehead atoms. The number of carbonyl (C=O) groups is 1. The third-order valence-electron chi connectivity index (χ3n) is 1.66. The summed E-state index contributed by atoms with van der Waals surface area (Å²) in [4.78, 5) is 11.2. The largest absolute Gasteiger partial charge is 0.462 e. The Balaban J connectivity index is 3.72. The van der Waals surface area contributed by atoms with Crippen LogP contribution in [0.3, 0.4) is 0 Å². The number of rotatable bonds is 5. The Hall–Kier alpha value is -0.610. The van der Waals surface area contributed by atoms with Crippen molar-refractivity contribution in [1.29, 1.82) is 0 Å². The predicted octanol–water partition coefficient (Wildman–Crippen LogP) is 0.174. The molecule has 0 heterocycles. The zero-order valence-electron chi connectivity index (χ0n) is 8.14. The first-order valence-corrected chi connectivity index (χ1v) is 3.89. The highest BCUT2D eigenvalue weighted by molar-refractivity contribution is 5.79. The molecule has 0 rings (SSSR count). The summed E-state index contributed by atoms with van der Waals surface area (Å²) in [5.74, 6) is -0.262. The maximum absolute atomic E-state index is 11.2. The van der Waals surface area contributed by atoms with Gasteiger partial charge in [0, 0.05) is 7.11 Å². The van der Waals surface area contributed by atoms with Crippen LogP contribution in [0.5, 0.6) is 0 Å². The highest BCUT2D eigenvalue weighted by atomic mass is 16.6. The van der Waals surface area contributed by atoms with Crippen molar-refractivity contribution in [3.8, 4) is 0 Å². The Bertz CT molecular complexity index is 145. The van der Waals surface area contributed by atoms with Gasteiger partial charge in [-0.05, 0) is 20.9 Å². The summed E-state index contributed by atoms with van der Waals surface area (Å²) in [7, 11) is 3.29. The van der Waals surface area contributed by atoms with E-state index in [0.717, 1.165) is 0 Å². The van der Waals surface area contributed by atoms with Crippen LogP contribution in [0.25, 0.3) is 0 Å². The quantitative estimate of drug-likeness (QED) is 0.478. The van der Waals surface area contributed by atoms with Gasteiger partial charge < -0.3 is 14.8 Å². The van der Waals surface area contributed by atoms with Gasteiger partial charge in [-0.15, -0.1) is 0 Å². The Morgan fingerprint density at radius 2 is 2.00 bits per heavy atom. The molecule has 0 aromatic heterocycles. The molecule has 0 amide bonds. The van der Waals surface area contributed by atoms with Crippen molar-refractivity contribution in [3.05, 3.63) is 0 Å². The van der Waals surface area contributed by atoms with Crippen LogP contribution in [-0.2, 0) is 14.3 Å². The van der Waals surface area contributed by atoms with E-state index >= 15 is 0 Å². The number of nitrogens with one attached hydrogen (secondary N) is 1. The van der Waals surface area contributed by atoms with E-state index in [-0.39, 0.29) is 5.97 Å². The number of carbonyl (C=O) groups excluding carboxylic acids is 1. The Labute approximate surface area is 73.2 Å². The lowest BCUT2D eigenvalue weighted by Gasteiger charge is -2.21. The molecule has 1 N–H and O–H groups in total. The minimum atomic E-state index is -0.617. The molecule has 0 aromatic carbocycles. The maximum atomic E-state index is 11.2. The predicted molar refractivity (Wildman–Crippen MR) is 46.0 cm³/mol. The maximum Gasteiger partial charge on any atom is 0.325 e. The fourth-order valence-electron chi connectivity index (χ4n) is 0.500. The topological polar surface area (TPSA) is 47.6 Å². The molecular weight excluding hydrogens is 158 g/mol. The number of esters is 1. The Morgan fingerprint density at radius 1 is 1.42 bits per heavy atom. The fourth-order valence-corrected chi connectivity index (χ4v) is 0.500. The van der Waals surface area contributed by atoms with E-state index in [4.69, 9.17) is 9.47 Å². The third-order valence-corrected chi connectivity index (χ3v) is 1.66. The van der Waals surface area contributed by atoms with Gasteiger partial charge in [-0.3, -0.25) is 4.79 Å². The van der Waals surface area contributed by atoms with E-state index in [1.807, 2.05) is 0 Å². The highest BCUT2D eigenvalue weighted by Crippen LogP contribution is 2.03. The first-order chi connectivity index (χ1) is 5.54. The van der Waals surface area contributed by atoms with Gasteiger partial charge in [-0.1, -0.05) is 0 Å². The summed E-state index contributed by atoms with van der Waals surface area (Å²) in [6.07, 6.45) is 0. The zero-order valence-corrected chi connectivity index (χ0v) is 8.14. The van der Waals surface area contributed by atoms with Crippen LogP contribution in [0.1, 0.15) is 13.8 Å². The van der Waals surface area contributed by atoms with Crippen molar-refractivity contribution in [3.63, 3.8) is 0 Å². The molecule has 0 atom stereocenters. The van der Waals surface area contributed by atoms with Gasteiger partial charge in [-0.2, -0.15) is 0 Å². The number of likely N-dealkylation sites (N-methyl/N-ethyl adjacent to an activating group) is 1. The van der Waals surface area contributed by atoms with E-state index in [0.29, 0.717) is 13.2 Å². The number of hydrogen-bond donors (Lipinski definition) is 1. The first kappa shape index (κ1) is 11.4. The van der Waals surface area contributed by atoms with Gasteiger partial charge >= 0.3 is 5.97 Å². The Morgan fingerprint density at radius 3 is 2.42 bits per heavy atom. The second-order valence-corrected chi connectivity index (χ2v) is 3.00. The second-order valence-electron chi connectivity index (χ2n) is 3.00. The summed E-state index contributed by atoms with van der Waals surface area (Å²) in [6, 6.07) is 0. The van der Waals surface area contributed by atoms with Crippen molar-refractivity contribution in [2.45, 2.75) is 19.4 Å². The smallest absolute Gasteiger partial charge is 0.325 e. The normalized spacial score (nSPS) is 11.3. The van der Waals surface area contributed by atoms with Crippen molar-refractivity contribution < 1.29 is 14.3 Å². The summed E-state index contributed by atoms with van der Waals surface area (Å²) in [5, 5.41) is 2.85. The van der Waals surface area contributed by atoms with Gasteiger partial charge in [0.1, 0.15) is 12.1 Å². The molecule has 4 nitrogen and oxygen atoms in total. The van der Waals surface area contributed by atoms with Crippen molar-refractivity contribution in [2.75, 3.05) is 27.4 Å². The molecule has 72 valence electrons. The molecule has 4 heteroatoms. The van der Waals surface area contributed by atoms with Crippen LogP contribution in [-0.4, -0.2) is 38.9 Å². The number of ether oxygens (including phenoxy) is 2. The molecule has 0 aliphatic carbocycles. The third kappa shape index (κ3) is 3.69. The van der Waals surface area contributed by atoms with Crippen molar-refractivity contribution in [1.82, 2.24) is 5.32 Å². The van der Waals surface area contributed by atoms with Gasteiger partial charge in [-0.25, -0.2) is 0 Å².